The van der Waals surface area contributed by atoms with Crippen molar-refractivity contribution in [1.82, 2.24) is 0 Å². The molecule has 2 atom stereocenters. The molecule has 0 bridgehead atoms. The predicted octanol–water partition coefficient (Wildman–Crippen LogP) is 9.02. The largest absolute Gasteiger partial charge is 0.416 e. The van der Waals surface area contributed by atoms with Crippen LogP contribution in [0.4, 0.5) is 18.9 Å². The van der Waals surface area contributed by atoms with Crippen LogP contribution in [0, 0.1) is 0 Å². The van der Waals surface area contributed by atoms with Crippen molar-refractivity contribution >= 4 is 13.8 Å². The van der Waals surface area contributed by atoms with Crippen LogP contribution in [0.25, 0.3) is 0 Å². The van der Waals surface area contributed by atoms with Crippen LogP contribution in [-0.2, 0) is 6.18 Å². The zero-order valence-electron chi connectivity index (χ0n) is 19.6. The third-order valence-corrected chi connectivity index (χ3v) is 15.3. The number of hydrogen-bond acceptors (Lipinski definition) is 1. The molecule has 3 rings (SSSR count). The molecule has 0 radical (unpaired) electrons. The van der Waals surface area contributed by atoms with Gasteiger partial charge in [-0.25, -0.2) is 0 Å². The molecule has 1 aliphatic rings. The van der Waals surface area contributed by atoms with E-state index in [2.05, 4.69) is 59.0 Å². The Balaban J connectivity index is 2.09. The summed E-state index contributed by atoms with van der Waals surface area (Å²) in [6.07, 6.45) is -3.49. The Kier molecular flexibility index (Phi) is 6.95. The zero-order chi connectivity index (χ0) is 23.0. The van der Waals surface area contributed by atoms with E-state index in [0.717, 1.165) is 23.7 Å². The summed E-state index contributed by atoms with van der Waals surface area (Å²) in [7, 11) is -1.79. The first-order valence-electron chi connectivity index (χ1n) is 11.5. The van der Waals surface area contributed by atoms with Crippen molar-refractivity contribution < 1.29 is 13.2 Å². The maximum atomic E-state index is 13.5. The Morgan fingerprint density at radius 1 is 0.903 bits per heavy atom. The third kappa shape index (κ3) is 4.71. The molecule has 0 fully saturated rings. The fourth-order valence-corrected chi connectivity index (χ4v) is 12.8. The van der Waals surface area contributed by atoms with Crippen molar-refractivity contribution in [2.24, 2.45) is 0 Å². The second kappa shape index (κ2) is 9.01. The van der Waals surface area contributed by atoms with Crippen molar-refractivity contribution in [3.8, 4) is 0 Å². The van der Waals surface area contributed by atoms with Gasteiger partial charge in [0.05, 0.1) is 19.7 Å². The van der Waals surface area contributed by atoms with Crippen molar-refractivity contribution in [1.29, 1.82) is 0 Å². The number of benzene rings is 2. The molecule has 0 amide bonds. The highest BCUT2D eigenvalue weighted by molar-refractivity contribution is 6.83. The van der Waals surface area contributed by atoms with E-state index in [9.17, 15) is 13.2 Å². The van der Waals surface area contributed by atoms with Crippen LogP contribution in [0.15, 0.2) is 48.5 Å². The third-order valence-electron chi connectivity index (χ3n) is 7.70. The number of anilines is 1. The predicted molar refractivity (Wildman–Crippen MR) is 127 cm³/mol. The second-order valence-electron chi connectivity index (χ2n) is 10.1. The van der Waals surface area contributed by atoms with E-state index in [-0.39, 0.29) is 12.0 Å². The molecule has 0 unspecified atom stereocenters. The molecule has 2 aromatic rings. The van der Waals surface area contributed by atoms with Crippen LogP contribution < -0.4 is 5.32 Å². The summed E-state index contributed by atoms with van der Waals surface area (Å²) in [4.78, 5) is 0. The number of halogens is 3. The summed E-state index contributed by atoms with van der Waals surface area (Å²) in [5.41, 5.74) is 4.09. The van der Waals surface area contributed by atoms with E-state index in [4.69, 9.17) is 0 Å². The Morgan fingerprint density at radius 3 is 2.00 bits per heavy atom. The quantitative estimate of drug-likeness (QED) is 0.436. The van der Waals surface area contributed by atoms with Gasteiger partial charge in [0.25, 0.3) is 0 Å². The lowest BCUT2D eigenvalue weighted by molar-refractivity contribution is -0.137. The van der Waals surface area contributed by atoms with Gasteiger partial charge in [-0.2, -0.15) is 13.2 Å². The molecule has 1 N–H and O–H groups in total. The van der Waals surface area contributed by atoms with Crippen LogP contribution in [0.1, 0.15) is 76.6 Å². The molecule has 5 heteroatoms. The van der Waals surface area contributed by atoms with Gasteiger partial charge >= 0.3 is 6.18 Å². The maximum Gasteiger partial charge on any atom is 0.416 e. The van der Waals surface area contributed by atoms with Crippen molar-refractivity contribution in [2.75, 3.05) is 5.32 Å². The Morgan fingerprint density at radius 2 is 1.48 bits per heavy atom. The average Bonchev–Trinajstić information content (AvgIpc) is 2.70. The molecular formula is C26H36F3NSi. The molecule has 1 heterocycles. The van der Waals surface area contributed by atoms with Crippen LogP contribution in [-0.4, -0.2) is 8.07 Å². The summed E-state index contributed by atoms with van der Waals surface area (Å²) in [6.45, 7) is 14.0. The smallest absolute Gasteiger partial charge is 0.378 e. The van der Waals surface area contributed by atoms with Crippen LogP contribution in [0.5, 0.6) is 0 Å². The van der Waals surface area contributed by atoms with Gasteiger partial charge in [0, 0.05) is 5.69 Å². The first-order chi connectivity index (χ1) is 14.5. The summed E-state index contributed by atoms with van der Waals surface area (Å²) in [6, 6.07) is 15.7. The van der Waals surface area contributed by atoms with Gasteiger partial charge in [-0.05, 0) is 47.7 Å². The number of alkyl halides is 3. The lowest BCUT2D eigenvalue weighted by Crippen LogP contribution is -2.46. The minimum absolute atomic E-state index is 0.119. The maximum absolute atomic E-state index is 13.5. The minimum Gasteiger partial charge on any atom is -0.378 e. The fraction of sp³-hybridized carbons (Fsp3) is 0.538. The van der Waals surface area contributed by atoms with Crippen LogP contribution >= 0.6 is 0 Å². The summed E-state index contributed by atoms with van der Waals surface area (Å²) in [5.74, 6) is 0.127. The van der Waals surface area contributed by atoms with Gasteiger partial charge in [0.2, 0.25) is 0 Å². The highest BCUT2D eigenvalue weighted by Gasteiger charge is 2.46. The number of rotatable bonds is 6. The van der Waals surface area contributed by atoms with Crippen LogP contribution in [0.3, 0.4) is 0 Å². The van der Waals surface area contributed by atoms with Crippen LogP contribution in [0.2, 0.25) is 22.7 Å². The Bertz CT molecular complexity index is 852. The Hall–Kier alpha value is -1.75. The lowest BCUT2D eigenvalue weighted by atomic mass is 9.84. The second-order valence-corrected chi connectivity index (χ2v) is 16.2. The molecule has 2 aromatic carbocycles. The van der Waals surface area contributed by atoms with E-state index in [1.54, 1.807) is 6.07 Å². The normalized spacial score (nSPS) is 19.6. The van der Waals surface area contributed by atoms with E-state index < -0.39 is 19.8 Å². The van der Waals surface area contributed by atoms with Gasteiger partial charge < -0.3 is 5.32 Å². The molecule has 0 aromatic heterocycles. The zero-order valence-corrected chi connectivity index (χ0v) is 20.6. The van der Waals surface area contributed by atoms with Crippen molar-refractivity contribution in [3.63, 3.8) is 0 Å². The highest BCUT2D eigenvalue weighted by Crippen LogP contribution is 2.52. The van der Waals surface area contributed by atoms with Crippen molar-refractivity contribution in [2.45, 2.75) is 88.8 Å². The summed E-state index contributed by atoms with van der Waals surface area (Å²) >= 11 is 0. The summed E-state index contributed by atoms with van der Waals surface area (Å²) in [5, 5.41) is 3.54. The average molecular weight is 448 g/mol. The minimum atomic E-state index is -4.32. The van der Waals surface area contributed by atoms with Gasteiger partial charge in [0.15, 0.2) is 0 Å². The van der Waals surface area contributed by atoms with Gasteiger partial charge in [-0.15, -0.1) is 0 Å². The SMILES string of the molecule is CC(C)[Si](C[C@@H]1C[C@@H](c2ccccc2)Nc2ccc(C(F)(F)F)cc21)(C(C)C)C(C)C. The summed E-state index contributed by atoms with van der Waals surface area (Å²) < 4.78 is 40.6. The standard InChI is InChI=1S/C26H36F3NSi/c1-17(2)31(18(3)4,19(5)6)16-21-14-25(20-10-8-7-9-11-20)30-24-13-12-22(15-23(21)24)26(27,28)29/h7-13,15,17-19,21,25,30H,14,16H2,1-6H3/t21-,25-/m0/s1. The molecule has 170 valence electrons. The van der Waals surface area contributed by atoms with E-state index in [1.807, 2.05) is 18.2 Å². The van der Waals surface area contributed by atoms with E-state index in [0.29, 0.717) is 16.6 Å². The van der Waals surface area contributed by atoms with E-state index >= 15 is 0 Å². The molecular weight excluding hydrogens is 411 g/mol. The molecule has 0 spiro atoms. The number of hydrogen-bond donors (Lipinski definition) is 1. The van der Waals surface area contributed by atoms with Gasteiger partial charge in [-0.3, -0.25) is 0 Å². The first-order valence-corrected chi connectivity index (χ1v) is 13.9. The van der Waals surface area contributed by atoms with Crippen molar-refractivity contribution in [3.05, 3.63) is 65.2 Å². The van der Waals surface area contributed by atoms with Gasteiger partial charge in [0.1, 0.15) is 0 Å². The highest BCUT2D eigenvalue weighted by atomic mass is 28.3. The number of fused-ring (bicyclic) bond motifs is 1. The van der Waals surface area contributed by atoms with E-state index in [1.165, 1.54) is 17.7 Å². The first kappa shape index (κ1) is 23.9. The van der Waals surface area contributed by atoms with Gasteiger partial charge in [-0.1, -0.05) is 88.5 Å². The molecule has 1 nitrogen and oxygen atoms in total. The number of nitrogens with one attached hydrogen (secondary N) is 1. The molecule has 31 heavy (non-hydrogen) atoms. The molecule has 0 saturated carbocycles. The topological polar surface area (TPSA) is 12.0 Å². The lowest BCUT2D eigenvalue weighted by Gasteiger charge is -2.47. The molecule has 1 aliphatic heterocycles. The molecule has 0 aliphatic carbocycles. The molecule has 0 saturated heterocycles. The monoisotopic (exact) mass is 447 g/mol. The fourth-order valence-electron chi connectivity index (χ4n) is 6.10. The Labute approximate surface area is 186 Å².